The van der Waals surface area contributed by atoms with Crippen LogP contribution in [0.4, 0.5) is 5.69 Å². The minimum absolute atomic E-state index is 0.0404. The number of phenolic OH excluding ortho intramolecular Hbond substituents is 1. The normalized spacial score (nSPS) is 19.1. The van der Waals surface area contributed by atoms with Gasteiger partial charge >= 0.3 is 5.97 Å². The number of anilines is 1. The van der Waals surface area contributed by atoms with Crippen molar-refractivity contribution in [3.8, 4) is 5.75 Å². The fourth-order valence-electron chi connectivity index (χ4n) is 3.99. The highest BCUT2D eigenvalue weighted by atomic mass is 16.6. The fourth-order valence-corrected chi connectivity index (χ4v) is 3.99. The number of aliphatic hydroxyl groups excluding tert-OH is 1. The average Bonchev–Trinajstić information content (AvgIpc) is 2.73. The van der Waals surface area contributed by atoms with Gasteiger partial charge in [-0.25, -0.2) is 4.79 Å². The number of esters is 1. The Hall–Kier alpha value is -2.95. The molecule has 0 aliphatic carbocycles. The number of benzene rings is 2. The zero-order valence-corrected chi connectivity index (χ0v) is 18.0. The quantitative estimate of drug-likeness (QED) is 0.575. The lowest BCUT2D eigenvalue weighted by Gasteiger charge is -2.42. The van der Waals surface area contributed by atoms with Crippen LogP contribution in [0.2, 0.25) is 0 Å². The van der Waals surface area contributed by atoms with E-state index in [0.717, 1.165) is 17.7 Å². The molecule has 0 saturated heterocycles. The second-order valence-corrected chi connectivity index (χ2v) is 8.23. The van der Waals surface area contributed by atoms with Crippen LogP contribution < -0.4 is 4.90 Å². The monoisotopic (exact) mass is 409 g/mol. The van der Waals surface area contributed by atoms with Crippen molar-refractivity contribution in [3.63, 3.8) is 0 Å². The van der Waals surface area contributed by atoms with Gasteiger partial charge in [0.15, 0.2) is 5.70 Å². The van der Waals surface area contributed by atoms with Gasteiger partial charge in [0.2, 0.25) is 0 Å². The number of cyclic esters (lactones) is 1. The zero-order valence-electron chi connectivity index (χ0n) is 18.0. The zero-order chi connectivity index (χ0) is 21.7. The van der Waals surface area contributed by atoms with E-state index in [0.29, 0.717) is 19.4 Å². The number of carbonyl (C=O) groups is 1. The Labute approximate surface area is 178 Å². The first-order valence-corrected chi connectivity index (χ1v) is 10.6. The van der Waals surface area contributed by atoms with E-state index in [-0.39, 0.29) is 29.5 Å². The standard InChI is InChI=1S/C25H31NO4/c1-4-16-26(20-8-6-5-7-9-20)23-22(28)17-25(18(2)3,30-24(23)29)15-14-19-10-12-21(27)13-11-19/h5-13,18,27-28H,4,14-17H2,1-3H3. The predicted octanol–water partition coefficient (Wildman–Crippen LogP) is 5.35. The number of nitrogens with zero attached hydrogens (tertiary/aromatic N) is 1. The first-order chi connectivity index (χ1) is 14.4. The number of phenols is 1. The molecule has 0 saturated carbocycles. The smallest absolute Gasteiger partial charge is 0.359 e. The predicted molar refractivity (Wildman–Crippen MR) is 118 cm³/mol. The molecule has 1 aliphatic rings. The number of hydrogen-bond donors (Lipinski definition) is 2. The molecule has 1 heterocycles. The van der Waals surface area contributed by atoms with Gasteiger partial charge in [0, 0.05) is 18.7 Å². The van der Waals surface area contributed by atoms with Gasteiger partial charge in [0.1, 0.15) is 17.1 Å². The Bertz CT molecular complexity index is 889. The van der Waals surface area contributed by atoms with Crippen LogP contribution in [0.25, 0.3) is 0 Å². The SMILES string of the molecule is CCCN(C1=C(O)CC(CCc2ccc(O)cc2)(C(C)C)OC1=O)c1ccccc1. The summed E-state index contributed by atoms with van der Waals surface area (Å²) in [5.41, 5.74) is 1.38. The Morgan fingerprint density at radius 3 is 2.30 bits per heavy atom. The van der Waals surface area contributed by atoms with Gasteiger partial charge in [-0.05, 0) is 55.0 Å². The number of para-hydroxylation sites is 1. The van der Waals surface area contributed by atoms with E-state index in [1.54, 1.807) is 12.1 Å². The molecule has 1 aliphatic heterocycles. The third-order valence-corrected chi connectivity index (χ3v) is 5.84. The molecule has 160 valence electrons. The van der Waals surface area contributed by atoms with Crippen LogP contribution in [0.5, 0.6) is 5.75 Å². The van der Waals surface area contributed by atoms with E-state index in [4.69, 9.17) is 4.74 Å². The Morgan fingerprint density at radius 2 is 1.73 bits per heavy atom. The summed E-state index contributed by atoms with van der Waals surface area (Å²) in [7, 11) is 0. The van der Waals surface area contributed by atoms with Crippen molar-refractivity contribution in [2.45, 2.75) is 52.1 Å². The van der Waals surface area contributed by atoms with Crippen LogP contribution in [-0.4, -0.2) is 28.3 Å². The highest BCUT2D eigenvalue weighted by Gasteiger charge is 2.45. The molecule has 0 aromatic heterocycles. The summed E-state index contributed by atoms with van der Waals surface area (Å²) >= 11 is 0. The molecular formula is C25H31NO4. The number of carbonyl (C=O) groups excluding carboxylic acids is 1. The van der Waals surface area contributed by atoms with E-state index < -0.39 is 11.6 Å². The van der Waals surface area contributed by atoms with Gasteiger partial charge in [0.05, 0.1) is 0 Å². The van der Waals surface area contributed by atoms with Gasteiger partial charge in [-0.15, -0.1) is 0 Å². The maximum Gasteiger partial charge on any atom is 0.359 e. The summed E-state index contributed by atoms with van der Waals surface area (Å²) in [6.45, 7) is 6.69. The lowest BCUT2D eigenvalue weighted by molar-refractivity contribution is -0.166. The summed E-state index contributed by atoms with van der Waals surface area (Å²) < 4.78 is 6.06. The van der Waals surface area contributed by atoms with Crippen molar-refractivity contribution in [3.05, 3.63) is 71.6 Å². The lowest BCUT2D eigenvalue weighted by Crippen LogP contribution is -2.47. The molecular weight excluding hydrogens is 378 g/mol. The number of hydrogen-bond acceptors (Lipinski definition) is 5. The van der Waals surface area contributed by atoms with Gasteiger partial charge in [-0.2, -0.15) is 0 Å². The van der Waals surface area contributed by atoms with Crippen molar-refractivity contribution < 1.29 is 19.7 Å². The van der Waals surface area contributed by atoms with Crippen molar-refractivity contribution >= 4 is 11.7 Å². The first kappa shape index (κ1) is 21.8. The number of aryl methyl sites for hydroxylation is 1. The number of aliphatic hydroxyl groups is 1. The minimum atomic E-state index is -0.767. The molecule has 0 radical (unpaired) electrons. The van der Waals surface area contributed by atoms with Gasteiger partial charge in [0.25, 0.3) is 0 Å². The summed E-state index contributed by atoms with van der Waals surface area (Å²) in [4.78, 5) is 15.0. The van der Waals surface area contributed by atoms with Crippen LogP contribution in [-0.2, 0) is 16.0 Å². The Morgan fingerprint density at radius 1 is 1.07 bits per heavy atom. The third kappa shape index (κ3) is 4.61. The van der Waals surface area contributed by atoms with E-state index in [9.17, 15) is 15.0 Å². The van der Waals surface area contributed by atoms with E-state index in [1.807, 2.05) is 68.1 Å². The molecule has 0 spiro atoms. The highest BCUT2D eigenvalue weighted by Crippen LogP contribution is 2.40. The molecule has 5 nitrogen and oxygen atoms in total. The molecule has 30 heavy (non-hydrogen) atoms. The van der Waals surface area contributed by atoms with Crippen molar-refractivity contribution in [2.24, 2.45) is 5.92 Å². The summed E-state index contributed by atoms with van der Waals surface area (Å²) in [5, 5.41) is 20.5. The minimum Gasteiger partial charge on any atom is -0.510 e. The molecule has 5 heteroatoms. The van der Waals surface area contributed by atoms with Crippen molar-refractivity contribution in [2.75, 3.05) is 11.4 Å². The fraction of sp³-hybridized carbons (Fsp3) is 0.400. The lowest BCUT2D eigenvalue weighted by atomic mass is 9.79. The van der Waals surface area contributed by atoms with Crippen LogP contribution in [0, 0.1) is 5.92 Å². The summed E-state index contributed by atoms with van der Waals surface area (Å²) in [6.07, 6.45) is 2.40. The molecule has 2 aromatic carbocycles. The first-order valence-electron chi connectivity index (χ1n) is 10.6. The molecule has 3 rings (SSSR count). The van der Waals surface area contributed by atoms with Gasteiger partial charge < -0.3 is 19.8 Å². The molecule has 2 N–H and O–H groups in total. The Kier molecular flexibility index (Phi) is 6.70. The van der Waals surface area contributed by atoms with Gasteiger partial charge in [-0.1, -0.05) is 51.1 Å². The molecule has 2 aromatic rings. The molecule has 0 fully saturated rings. The largest absolute Gasteiger partial charge is 0.510 e. The van der Waals surface area contributed by atoms with Crippen LogP contribution in [0.3, 0.4) is 0 Å². The molecule has 0 bridgehead atoms. The number of aromatic hydroxyl groups is 1. The van der Waals surface area contributed by atoms with E-state index >= 15 is 0 Å². The molecule has 1 atom stereocenters. The number of rotatable bonds is 8. The second-order valence-electron chi connectivity index (χ2n) is 8.23. The summed E-state index contributed by atoms with van der Waals surface area (Å²) in [5.74, 6) is -0.124. The van der Waals surface area contributed by atoms with Crippen LogP contribution >= 0.6 is 0 Å². The Balaban J connectivity index is 1.88. The number of ether oxygens (including phenoxy) is 1. The maximum absolute atomic E-state index is 13.2. The third-order valence-electron chi connectivity index (χ3n) is 5.84. The molecule has 0 amide bonds. The van der Waals surface area contributed by atoms with Crippen LogP contribution in [0.1, 0.15) is 45.6 Å². The van der Waals surface area contributed by atoms with Crippen LogP contribution in [0.15, 0.2) is 66.1 Å². The van der Waals surface area contributed by atoms with Crippen molar-refractivity contribution in [1.82, 2.24) is 0 Å². The van der Waals surface area contributed by atoms with E-state index in [2.05, 4.69) is 0 Å². The maximum atomic E-state index is 13.2. The topological polar surface area (TPSA) is 70.0 Å². The molecule has 1 unspecified atom stereocenters. The average molecular weight is 410 g/mol. The second kappa shape index (κ2) is 9.24. The van der Waals surface area contributed by atoms with Crippen molar-refractivity contribution in [1.29, 1.82) is 0 Å². The van der Waals surface area contributed by atoms with Gasteiger partial charge in [-0.3, -0.25) is 0 Å². The summed E-state index contributed by atoms with van der Waals surface area (Å²) in [6, 6.07) is 16.7. The highest BCUT2D eigenvalue weighted by molar-refractivity contribution is 5.94. The van der Waals surface area contributed by atoms with E-state index in [1.165, 1.54) is 0 Å².